The maximum absolute atomic E-state index is 6.81. The Bertz CT molecular complexity index is 611. The fraction of sp³-hybridized carbons (Fsp3) is 0.727. The van der Waals surface area contributed by atoms with Crippen molar-refractivity contribution in [1.82, 2.24) is 4.90 Å². The van der Waals surface area contributed by atoms with E-state index in [1.54, 1.807) is 0 Å². The summed E-state index contributed by atoms with van der Waals surface area (Å²) in [6, 6.07) is 6.82. The molecule has 2 heterocycles. The van der Waals surface area contributed by atoms with E-state index in [0.29, 0.717) is 0 Å². The van der Waals surface area contributed by atoms with Gasteiger partial charge >= 0.3 is 0 Å². The number of nitrogens with zero attached hydrogens (tertiary/aromatic N) is 2. The number of piperazine rings is 1. The van der Waals surface area contributed by atoms with Crippen LogP contribution in [0.3, 0.4) is 0 Å². The number of benzene rings is 1. The summed E-state index contributed by atoms with van der Waals surface area (Å²) in [5.41, 5.74) is 8.50. The summed E-state index contributed by atoms with van der Waals surface area (Å²) in [7, 11) is 0. The molecule has 4 rings (SSSR count). The molecule has 1 saturated carbocycles. The van der Waals surface area contributed by atoms with Crippen LogP contribution in [0.2, 0.25) is 0 Å². The van der Waals surface area contributed by atoms with Crippen molar-refractivity contribution in [1.29, 1.82) is 0 Å². The van der Waals surface area contributed by atoms with Gasteiger partial charge in [-0.3, -0.25) is 4.90 Å². The molecule has 1 aromatic carbocycles. The molecule has 4 heteroatoms. The number of anilines is 1. The number of para-hydroxylation sites is 1. The zero-order valence-corrected chi connectivity index (χ0v) is 16.4. The molecule has 2 N–H and O–H groups in total. The van der Waals surface area contributed by atoms with Crippen molar-refractivity contribution >= 4 is 5.69 Å². The van der Waals surface area contributed by atoms with Crippen LogP contribution in [0.4, 0.5) is 5.69 Å². The van der Waals surface area contributed by atoms with Gasteiger partial charge in [0, 0.05) is 26.2 Å². The SMILES string of the molecule is CCC12CCC(Cc3cccc(N4CCN(CCCCN)CC4)c3O1)C2. The topological polar surface area (TPSA) is 41.7 Å². The van der Waals surface area contributed by atoms with Crippen LogP contribution in [0.25, 0.3) is 0 Å². The van der Waals surface area contributed by atoms with Crippen LogP contribution < -0.4 is 15.4 Å². The molecule has 2 unspecified atom stereocenters. The normalized spacial score (nSPS) is 28.5. The quantitative estimate of drug-likeness (QED) is 0.792. The molecule has 4 nitrogen and oxygen atoms in total. The highest BCUT2D eigenvalue weighted by atomic mass is 16.5. The summed E-state index contributed by atoms with van der Waals surface area (Å²) in [5, 5.41) is 0. The minimum Gasteiger partial charge on any atom is -0.485 e. The molecule has 0 aromatic heterocycles. The Morgan fingerprint density at radius 2 is 2.04 bits per heavy atom. The third kappa shape index (κ3) is 3.59. The highest BCUT2D eigenvalue weighted by Gasteiger charge is 2.43. The van der Waals surface area contributed by atoms with E-state index < -0.39 is 0 Å². The Hall–Kier alpha value is -1.26. The molecular weight excluding hydrogens is 322 g/mol. The lowest BCUT2D eigenvalue weighted by Gasteiger charge is -2.38. The number of hydrogen-bond acceptors (Lipinski definition) is 4. The van der Waals surface area contributed by atoms with Crippen molar-refractivity contribution in [2.45, 2.75) is 57.5 Å². The van der Waals surface area contributed by atoms with E-state index in [-0.39, 0.29) is 5.60 Å². The van der Waals surface area contributed by atoms with Gasteiger partial charge in [0.05, 0.1) is 5.69 Å². The molecule has 3 aliphatic rings. The Morgan fingerprint density at radius 1 is 1.19 bits per heavy atom. The second-order valence-electron chi connectivity index (χ2n) is 8.54. The highest BCUT2D eigenvalue weighted by molar-refractivity contribution is 5.63. The zero-order valence-electron chi connectivity index (χ0n) is 16.4. The van der Waals surface area contributed by atoms with Gasteiger partial charge in [-0.25, -0.2) is 0 Å². The van der Waals surface area contributed by atoms with Gasteiger partial charge in [-0.2, -0.15) is 0 Å². The van der Waals surface area contributed by atoms with E-state index in [9.17, 15) is 0 Å². The largest absolute Gasteiger partial charge is 0.485 e. The molecule has 0 spiro atoms. The first-order valence-electron chi connectivity index (χ1n) is 10.7. The van der Waals surface area contributed by atoms with Gasteiger partial charge in [-0.15, -0.1) is 0 Å². The number of nitrogens with two attached hydrogens (primary N) is 1. The standard InChI is InChI=1S/C22H35N3O/c1-2-22-9-8-18(17-22)16-19-6-5-7-20(21(19)26-22)25-14-12-24(13-15-25)11-4-3-10-23/h5-7,18H,2-4,8-17,23H2,1H3. The second-order valence-corrected chi connectivity index (χ2v) is 8.54. The van der Waals surface area contributed by atoms with Crippen molar-refractivity contribution in [3.63, 3.8) is 0 Å². The van der Waals surface area contributed by atoms with Crippen LogP contribution in [0.5, 0.6) is 5.75 Å². The van der Waals surface area contributed by atoms with E-state index in [4.69, 9.17) is 10.5 Å². The lowest BCUT2D eigenvalue weighted by Crippen LogP contribution is -2.47. The van der Waals surface area contributed by atoms with E-state index in [0.717, 1.165) is 51.5 Å². The minimum atomic E-state index is 0.0933. The van der Waals surface area contributed by atoms with Gasteiger partial charge in [-0.05, 0) is 75.6 Å². The average Bonchev–Trinajstić information content (AvgIpc) is 2.98. The van der Waals surface area contributed by atoms with Crippen molar-refractivity contribution in [2.75, 3.05) is 44.2 Å². The molecule has 144 valence electrons. The fourth-order valence-corrected chi connectivity index (χ4v) is 5.18. The van der Waals surface area contributed by atoms with E-state index in [2.05, 4.69) is 34.9 Å². The van der Waals surface area contributed by atoms with Crippen molar-refractivity contribution in [3.05, 3.63) is 23.8 Å². The lowest BCUT2D eigenvalue weighted by atomic mass is 9.95. The van der Waals surface area contributed by atoms with Gasteiger partial charge in [-0.1, -0.05) is 19.1 Å². The van der Waals surface area contributed by atoms with E-state index in [1.165, 1.54) is 55.6 Å². The van der Waals surface area contributed by atoms with Gasteiger partial charge in [0.2, 0.25) is 0 Å². The molecule has 1 aromatic rings. The van der Waals surface area contributed by atoms with Crippen LogP contribution in [0.1, 0.15) is 51.0 Å². The van der Waals surface area contributed by atoms with Gasteiger partial charge in [0.25, 0.3) is 0 Å². The molecule has 0 radical (unpaired) electrons. The number of rotatable bonds is 6. The Morgan fingerprint density at radius 3 is 2.81 bits per heavy atom. The molecule has 0 amide bonds. The summed E-state index contributed by atoms with van der Waals surface area (Å²) in [4.78, 5) is 5.14. The van der Waals surface area contributed by atoms with Crippen molar-refractivity contribution < 1.29 is 4.74 Å². The van der Waals surface area contributed by atoms with Crippen LogP contribution in [0.15, 0.2) is 18.2 Å². The molecule has 1 saturated heterocycles. The number of hydrogen-bond donors (Lipinski definition) is 1. The monoisotopic (exact) mass is 357 g/mol. The number of ether oxygens (including phenoxy) is 1. The lowest BCUT2D eigenvalue weighted by molar-refractivity contribution is 0.0719. The summed E-state index contributed by atoms with van der Waals surface area (Å²) in [5.74, 6) is 2.01. The predicted molar refractivity (Wildman–Crippen MR) is 108 cm³/mol. The first-order valence-corrected chi connectivity index (χ1v) is 10.7. The van der Waals surface area contributed by atoms with Gasteiger partial charge in [0.1, 0.15) is 11.4 Å². The predicted octanol–water partition coefficient (Wildman–Crippen LogP) is 3.43. The first kappa shape index (κ1) is 18.1. The van der Waals surface area contributed by atoms with Crippen LogP contribution in [-0.4, -0.2) is 49.8 Å². The number of unbranched alkanes of at least 4 members (excludes halogenated alkanes) is 1. The Balaban J connectivity index is 1.48. The van der Waals surface area contributed by atoms with E-state index in [1.807, 2.05) is 0 Å². The molecule has 2 aliphatic heterocycles. The van der Waals surface area contributed by atoms with E-state index >= 15 is 0 Å². The van der Waals surface area contributed by atoms with Gasteiger partial charge in [0.15, 0.2) is 0 Å². The van der Waals surface area contributed by atoms with Crippen LogP contribution >= 0.6 is 0 Å². The molecule has 2 bridgehead atoms. The Kier molecular flexibility index (Phi) is 5.42. The average molecular weight is 358 g/mol. The minimum absolute atomic E-state index is 0.0933. The molecule has 2 atom stereocenters. The molecule has 1 aliphatic carbocycles. The third-order valence-corrected chi connectivity index (χ3v) is 6.86. The third-order valence-electron chi connectivity index (χ3n) is 6.86. The maximum Gasteiger partial charge on any atom is 0.146 e. The summed E-state index contributed by atoms with van der Waals surface area (Å²) >= 11 is 0. The molecular formula is C22H35N3O. The van der Waals surface area contributed by atoms with Crippen LogP contribution in [0, 0.1) is 5.92 Å². The van der Waals surface area contributed by atoms with Crippen molar-refractivity contribution in [2.24, 2.45) is 11.7 Å². The van der Waals surface area contributed by atoms with Crippen molar-refractivity contribution in [3.8, 4) is 5.75 Å². The first-order chi connectivity index (χ1) is 12.7. The zero-order chi connectivity index (χ0) is 18.0. The summed E-state index contributed by atoms with van der Waals surface area (Å²) in [6.45, 7) is 8.81. The smallest absolute Gasteiger partial charge is 0.146 e. The fourth-order valence-electron chi connectivity index (χ4n) is 5.18. The van der Waals surface area contributed by atoms with Gasteiger partial charge < -0.3 is 15.4 Å². The molecule has 26 heavy (non-hydrogen) atoms. The summed E-state index contributed by atoms with van der Waals surface area (Å²) < 4.78 is 6.81. The highest BCUT2D eigenvalue weighted by Crippen LogP contribution is 2.49. The molecule has 2 fully saturated rings. The Labute approximate surface area is 158 Å². The summed E-state index contributed by atoms with van der Waals surface area (Å²) in [6.07, 6.45) is 8.50. The second kappa shape index (κ2) is 7.77. The maximum atomic E-state index is 6.81. The number of fused-ring (bicyclic) bond motifs is 3. The van der Waals surface area contributed by atoms with Crippen LogP contribution in [-0.2, 0) is 6.42 Å².